The summed E-state index contributed by atoms with van der Waals surface area (Å²) >= 11 is 2.26. The van der Waals surface area contributed by atoms with E-state index in [0.29, 0.717) is 18.6 Å². The van der Waals surface area contributed by atoms with Gasteiger partial charge in [-0.3, -0.25) is 4.79 Å². The minimum atomic E-state index is -0.369. The van der Waals surface area contributed by atoms with Gasteiger partial charge in [0.05, 0.1) is 12.2 Å². The number of ether oxygens (including phenoxy) is 1. The molecule has 1 aromatic carbocycles. The van der Waals surface area contributed by atoms with Crippen LogP contribution < -0.4 is 5.32 Å². The lowest BCUT2D eigenvalue weighted by atomic mass is 9.68. The van der Waals surface area contributed by atoms with Crippen molar-refractivity contribution < 1.29 is 14.3 Å². The normalized spacial score (nSPS) is 21.7. The molecule has 2 aliphatic rings. The zero-order chi connectivity index (χ0) is 19.8. The van der Waals surface area contributed by atoms with E-state index in [1.807, 2.05) is 38.1 Å². The molecule has 0 fully saturated rings. The third kappa shape index (κ3) is 4.13. The highest BCUT2D eigenvalue weighted by molar-refractivity contribution is 14.1. The molecular weight excluding hydrogens is 453 g/mol. The summed E-state index contributed by atoms with van der Waals surface area (Å²) in [6.07, 6.45) is 2.05. The Morgan fingerprint density at radius 3 is 2.56 bits per heavy atom. The molecule has 0 aromatic heterocycles. The lowest BCUT2D eigenvalue weighted by molar-refractivity contribution is -0.139. The van der Waals surface area contributed by atoms with Gasteiger partial charge in [-0.1, -0.05) is 32.9 Å². The van der Waals surface area contributed by atoms with E-state index in [4.69, 9.17) is 4.74 Å². The van der Waals surface area contributed by atoms with E-state index in [0.717, 1.165) is 38.9 Å². The molecule has 0 saturated heterocycles. The number of hydrogen-bond acceptors (Lipinski definition) is 4. The largest absolute Gasteiger partial charge is 0.462 e. The second-order valence-corrected chi connectivity index (χ2v) is 9.36. The molecule has 1 unspecified atom stereocenters. The maximum absolute atomic E-state index is 13.1. The average Bonchev–Trinajstić information content (AvgIpc) is 2.58. The highest BCUT2D eigenvalue weighted by atomic mass is 127. The van der Waals surface area contributed by atoms with Gasteiger partial charge in [-0.25, -0.2) is 4.79 Å². The first kappa shape index (κ1) is 20.1. The van der Waals surface area contributed by atoms with E-state index in [1.54, 1.807) is 0 Å². The van der Waals surface area contributed by atoms with Crippen molar-refractivity contribution in [2.24, 2.45) is 5.41 Å². The van der Waals surface area contributed by atoms with Crippen LogP contribution in [0.15, 0.2) is 46.8 Å². The Bertz CT molecular complexity index is 834. The molecule has 1 aliphatic carbocycles. The van der Waals surface area contributed by atoms with Crippen LogP contribution >= 0.6 is 22.6 Å². The SMILES string of the molecule is CCCOC(=O)C1=C(C)NC2=C(C(=O)CC(C)(C)C2)C1c1ccc(I)cc1. The van der Waals surface area contributed by atoms with E-state index in [9.17, 15) is 9.59 Å². The Kier molecular flexibility index (Phi) is 5.79. The van der Waals surface area contributed by atoms with Gasteiger partial charge in [0.2, 0.25) is 0 Å². The topological polar surface area (TPSA) is 55.4 Å². The summed E-state index contributed by atoms with van der Waals surface area (Å²) in [5.41, 5.74) is 3.88. The predicted octanol–water partition coefficient (Wildman–Crippen LogP) is 4.85. The van der Waals surface area contributed by atoms with Crippen LogP contribution in [0.25, 0.3) is 0 Å². The molecule has 4 nitrogen and oxygen atoms in total. The first-order valence-corrected chi connectivity index (χ1v) is 10.5. The molecule has 1 heterocycles. The zero-order valence-electron chi connectivity index (χ0n) is 16.3. The summed E-state index contributed by atoms with van der Waals surface area (Å²) in [6.45, 7) is 8.47. The van der Waals surface area contributed by atoms with Crippen LogP contribution in [0.2, 0.25) is 0 Å². The summed E-state index contributed by atoms with van der Waals surface area (Å²) in [6, 6.07) is 8.05. The number of dihydropyridines is 1. The van der Waals surface area contributed by atoms with Gasteiger partial charge in [0.25, 0.3) is 0 Å². The van der Waals surface area contributed by atoms with Crippen molar-refractivity contribution in [3.63, 3.8) is 0 Å². The van der Waals surface area contributed by atoms with Gasteiger partial charge in [-0.05, 0) is 65.5 Å². The molecule has 3 rings (SSSR count). The van der Waals surface area contributed by atoms with Gasteiger partial charge >= 0.3 is 5.97 Å². The molecule has 0 amide bonds. The van der Waals surface area contributed by atoms with Crippen LogP contribution in [0.1, 0.15) is 58.4 Å². The number of ketones is 1. The third-order valence-corrected chi connectivity index (χ3v) is 5.82. The summed E-state index contributed by atoms with van der Waals surface area (Å²) in [7, 11) is 0. The number of esters is 1. The van der Waals surface area contributed by atoms with Crippen LogP contribution in [-0.4, -0.2) is 18.4 Å². The van der Waals surface area contributed by atoms with Gasteiger partial charge in [0.1, 0.15) is 0 Å². The molecule has 0 saturated carbocycles. The van der Waals surface area contributed by atoms with E-state index in [1.165, 1.54) is 0 Å². The summed E-state index contributed by atoms with van der Waals surface area (Å²) in [5.74, 6) is -0.591. The Morgan fingerprint density at radius 1 is 1.26 bits per heavy atom. The lowest BCUT2D eigenvalue weighted by Crippen LogP contribution is -2.38. The number of hydrogen-bond donors (Lipinski definition) is 1. The fraction of sp³-hybridized carbons (Fsp3) is 0.455. The molecule has 0 spiro atoms. The minimum absolute atomic E-state index is 0.0833. The van der Waals surface area contributed by atoms with Crippen LogP contribution in [0.5, 0.6) is 0 Å². The fourth-order valence-electron chi connectivity index (χ4n) is 3.97. The van der Waals surface area contributed by atoms with Crippen molar-refractivity contribution in [2.45, 2.75) is 52.9 Å². The Morgan fingerprint density at radius 2 is 1.93 bits per heavy atom. The number of halogens is 1. The number of allylic oxidation sites excluding steroid dienone is 3. The van der Waals surface area contributed by atoms with E-state index >= 15 is 0 Å². The molecular formula is C22H26INO3. The first-order chi connectivity index (χ1) is 12.7. The van der Waals surface area contributed by atoms with Crippen LogP contribution in [0.3, 0.4) is 0 Å². The standard InChI is InChI=1S/C22H26INO3/c1-5-10-27-21(26)18-13(2)24-16-11-22(3,4)12-17(25)20(16)19(18)14-6-8-15(23)9-7-14/h6-9,19,24H,5,10-12H2,1-4H3. The minimum Gasteiger partial charge on any atom is -0.462 e. The Labute approximate surface area is 174 Å². The molecule has 27 heavy (non-hydrogen) atoms. The highest BCUT2D eigenvalue weighted by Gasteiger charge is 2.43. The summed E-state index contributed by atoms with van der Waals surface area (Å²) < 4.78 is 6.58. The van der Waals surface area contributed by atoms with Crippen molar-refractivity contribution in [3.05, 3.63) is 55.9 Å². The molecule has 1 N–H and O–H groups in total. The molecule has 0 bridgehead atoms. The summed E-state index contributed by atoms with van der Waals surface area (Å²) in [4.78, 5) is 26.0. The smallest absolute Gasteiger partial charge is 0.336 e. The van der Waals surface area contributed by atoms with Crippen molar-refractivity contribution >= 4 is 34.3 Å². The van der Waals surface area contributed by atoms with Crippen LogP contribution in [0.4, 0.5) is 0 Å². The number of benzene rings is 1. The van der Waals surface area contributed by atoms with Crippen LogP contribution in [-0.2, 0) is 14.3 Å². The first-order valence-electron chi connectivity index (χ1n) is 9.40. The molecule has 1 aromatic rings. The highest BCUT2D eigenvalue weighted by Crippen LogP contribution is 2.46. The monoisotopic (exact) mass is 479 g/mol. The second-order valence-electron chi connectivity index (χ2n) is 8.12. The maximum Gasteiger partial charge on any atom is 0.336 e. The number of nitrogens with one attached hydrogen (secondary N) is 1. The van der Waals surface area contributed by atoms with Gasteiger partial charge in [0.15, 0.2) is 5.78 Å². The zero-order valence-corrected chi connectivity index (χ0v) is 18.5. The van der Waals surface area contributed by atoms with E-state index in [2.05, 4.69) is 41.8 Å². The van der Waals surface area contributed by atoms with Crippen LogP contribution in [0, 0.1) is 8.99 Å². The number of carbonyl (C=O) groups excluding carboxylic acids is 2. The molecule has 1 atom stereocenters. The Hall–Kier alpha value is -1.63. The molecule has 5 heteroatoms. The van der Waals surface area contributed by atoms with Gasteiger partial charge in [0, 0.05) is 32.9 Å². The fourth-order valence-corrected chi connectivity index (χ4v) is 4.33. The Balaban J connectivity index is 2.12. The van der Waals surface area contributed by atoms with Gasteiger partial charge < -0.3 is 10.1 Å². The van der Waals surface area contributed by atoms with Gasteiger partial charge in [-0.2, -0.15) is 0 Å². The van der Waals surface area contributed by atoms with Crippen molar-refractivity contribution in [3.8, 4) is 0 Å². The quantitative estimate of drug-likeness (QED) is 0.496. The van der Waals surface area contributed by atoms with Crippen molar-refractivity contribution in [2.75, 3.05) is 6.61 Å². The number of Topliss-reactive ketones (excluding diaryl/α,β-unsaturated/α-hetero) is 1. The van der Waals surface area contributed by atoms with Gasteiger partial charge in [-0.15, -0.1) is 0 Å². The van der Waals surface area contributed by atoms with E-state index in [-0.39, 0.29) is 23.1 Å². The number of carbonyl (C=O) groups is 2. The molecule has 0 radical (unpaired) electrons. The third-order valence-electron chi connectivity index (χ3n) is 5.10. The lowest BCUT2D eigenvalue weighted by Gasteiger charge is -2.39. The van der Waals surface area contributed by atoms with Crippen molar-refractivity contribution in [1.82, 2.24) is 5.32 Å². The molecule has 1 aliphatic heterocycles. The predicted molar refractivity (Wildman–Crippen MR) is 114 cm³/mol. The number of rotatable bonds is 4. The van der Waals surface area contributed by atoms with E-state index < -0.39 is 0 Å². The summed E-state index contributed by atoms with van der Waals surface area (Å²) in [5, 5.41) is 3.36. The second kappa shape index (κ2) is 7.78. The maximum atomic E-state index is 13.1. The average molecular weight is 479 g/mol. The van der Waals surface area contributed by atoms with Crippen molar-refractivity contribution in [1.29, 1.82) is 0 Å². The molecule has 144 valence electrons.